The molecule has 0 spiro atoms. The van der Waals surface area contributed by atoms with Crippen LogP contribution < -0.4 is 4.90 Å². The second kappa shape index (κ2) is 6.56. The number of benzene rings is 1. The topological polar surface area (TPSA) is 49.3 Å². The number of amides is 1. The Labute approximate surface area is 130 Å². The van der Waals surface area contributed by atoms with Crippen LogP contribution in [0.15, 0.2) is 42.9 Å². The van der Waals surface area contributed by atoms with Gasteiger partial charge in [0.25, 0.3) is 5.91 Å². The van der Waals surface area contributed by atoms with Gasteiger partial charge < -0.3 is 9.80 Å². The molecule has 1 aliphatic heterocycles. The SMILES string of the molecule is CN(Cc1cccc(N2CCCC2)c1)C(=O)c1cnccn1. The van der Waals surface area contributed by atoms with Crippen molar-refractivity contribution in [2.75, 3.05) is 25.0 Å². The maximum absolute atomic E-state index is 12.3. The van der Waals surface area contributed by atoms with E-state index in [0.717, 1.165) is 18.7 Å². The van der Waals surface area contributed by atoms with Gasteiger partial charge in [0.2, 0.25) is 0 Å². The van der Waals surface area contributed by atoms with Gasteiger partial charge in [0.15, 0.2) is 0 Å². The lowest BCUT2D eigenvalue weighted by atomic mass is 10.1. The minimum atomic E-state index is -0.111. The highest BCUT2D eigenvalue weighted by Crippen LogP contribution is 2.21. The molecule has 0 atom stereocenters. The highest BCUT2D eigenvalue weighted by atomic mass is 16.2. The van der Waals surface area contributed by atoms with Crippen LogP contribution in [0.3, 0.4) is 0 Å². The smallest absolute Gasteiger partial charge is 0.274 e. The normalized spacial score (nSPS) is 14.1. The lowest BCUT2D eigenvalue weighted by Crippen LogP contribution is -2.27. The fourth-order valence-electron chi connectivity index (χ4n) is 2.78. The Morgan fingerprint density at radius 1 is 1.27 bits per heavy atom. The summed E-state index contributed by atoms with van der Waals surface area (Å²) in [6.45, 7) is 2.81. The van der Waals surface area contributed by atoms with Crippen molar-refractivity contribution in [1.82, 2.24) is 14.9 Å². The molecule has 1 fully saturated rings. The number of hydrogen-bond acceptors (Lipinski definition) is 4. The Kier molecular flexibility index (Phi) is 4.32. The Bertz CT molecular complexity index is 638. The maximum atomic E-state index is 12.3. The molecular weight excluding hydrogens is 276 g/mol. The molecule has 22 heavy (non-hydrogen) atoms. The molecule has 5 heteroatoms. The van der Waals surface area contributed by atoms with Gasteiger partial charge in [0.05, 0.1) is 6.20 Å². The summed E-state index contributed by atoms with van der Waals surface area (Å²) in [7, 11) is 1.79. The number of hydrogen-bond donors (Lipinski definition) is 0. The number of rotatable bonds is 4. The fraction of sp³-hybridized carbons (Fsp3) is 0.353. The van der Waals surface area contributed by atoms with Crippen molar-refractivity contribution in [1.29, 1.82) is 0 Å². The summed E-state index contributed by atoms with van der Waals surface area (Å²) in [6, 6.07) is 8.43. The van der Waals surface area contributed by atoms with Gasteiger partial charge in [0, 0.05) is 44.8 Å². The quantitative estimate of drug-likeness (QED) is 0.869. The molecule has 3 rings (SSSR count). The first-order chi connectivity index (χ1) is 10.7. The third-order valence-electron chi connectivity index (χ3n) is 3.93. The summed E-state index contributed by atoms with van der Waals surface area (Å²) in [5, 5.41) is 0. The first-order valence-corrected chi connectivity index (χ1v) is 7.59. The van der Waals surface area contributed by atoms with Gasteiger partial charge in [0.1, 0.15) is 5.69 Å². The summed E-state index contributed by atoms with van der Waals surface area (Å²) >= 11 is 0. The molecular formula is C17H20N4O. The summed E-state index contributed by atoms with van der Waals surface area (Å²) in [6.07, 6.45) is 7.12. The Hall–Kier alpha value is -2.43. The third-order valence-corrected chi connectivity index (χ3v) is 3.93. The second-order valence-electron chi connectivity index (χ2n) is 5.62. The van der Waals surface area contributed by atoms with Crippen LogP contribution in [0.25, 0.3) is 0 Å². The van der Waals surface area contributed by atoms with E-state index in [1.165, 1.54) is 30.9 Å². The molecule has 1 saturated heterocycles. The van der Waals surface area contributed by atoms with Gasteiger partial charge in [-0.15, -0.1) is 0 Å². The fourth-order valence-corrected chi connectivity index (χ4v) is 2.78. The first kappa shape index (κ1) is 14.5. The Morgan fingerprint density at radius 3 is 2.82 bits per heavy atom. The van der Waals surface area contributed by atoms with Crippen LogP contribution in [0.1, 0.15) is 28.9 Å². The van der Waals surface area contributed by atoms with Crippen molar-refractivity contribution < 1.29 is 4.79 Å². The summed E-state index contributed by atoms with van der Waals surface area (Å²) in [5.41, 5.74) is 2.75. The highest BCUT2D eigenvalue weighted by molar-refractivity contribution is 5.91. The zero-order valence-corrected chi connectivity index (χ0v) is 12.8. The number of nitrogens with zero attached hydrogens (tertiary/aromatic N) is 4. The van der Waals surface area contributed by atoms with Crippen LogP contribution >= 0.6 is 0 Å². The summed E-state index contributed by atoms with van der Waals surface area (Å²) in [5.74, 6) is -0.111. The van der Waals surface area contributed by atoms with E-state index in [4.69, 9.17) is 0 Å². The van der Waals surface area contributed by atoms with Gasteiger partial charge in [-0.2, -0.15) is 0 Å². The van der Waals surface area contributed by atoms with E-state index in [1.54, 1.807) is 18.1 Å². The highest BCUT2D eigenvalue weighted by Gasteiger charge is 2.15. The zero-order chi connectivity index (χ0) is 15.4. The predicted molar refractivity (Wildman–Crippen MR) is 85.7 cm³/mol. The van der Waals surface area contributed by atoms with Crippen molar-refractivity contribution in [3.05, 3.63) is 54.1 Å². The second-order valence-corrected chi connectivity index (χ2v) is 5.62. The van der Waals surface area contributed by atoms with Gasteiger partial charge in [-0.1, -0.05) is 12.1 Å². The Balaban J connectivity index is 1.70. The molecule has 114 valence electrons. The van der Waals surface area contributed by atoms with E-state index in [1.807, 2.05) is 0 Å². The van der Waals surface area contributed by atoms with Crippen LogP contribution in [0.2, 0.25) is 0 Å². The van der Waals surface area contributed by atoms with E-state index in [0.29, 0.717) is 12.2 Å². The lowest BCUT2D eigenvalue weighted by Gasteiger charge is -2.20. The minimum absolute atomic E-state index is 0.111. The molecule has 0 radical (unpaired) electrons. The average Bonchev–Trinajstić information content (AvgIpc) is 3.10. The molecule has 1 aliphatic rings. The molecule has 1 amide bonds. The van der Waals surface area contributed by atoms with E-state index in [9.17, 15) is 4.79 Å². The van der Waals surface area contributed by atoms with Crippen LogP contribution in [-0.4, -0.2) is 40.9 Å². The van der Waals surface area contributed by atoms with E-state index in [-0.39, 0.29) is 5.91 Å². The molecule has 0 bridgehead atoms. The standard InChI is InChI=1S/C17H20N4O/c1-20(17(22)16-12-18-7-8-19-16)13-14-5-4-6-15(11-14)21-9-2-3-10-21/h4-8,11-12H,2-3,9-10,13H2,1H3. The average molecular weight is 296 g/mol. The summed E-state index contributed by atoms with van der Waals surface area (Å²) in [4.78, 5) is 24.4. The molecule has 1 aromatic carbocycles. The number of carbonyl (C=O) groups is 1. The van der Waals surface area contributed by atoms with Crippen LogP contribution in [0.4, 0.5) is 5.69 Å². The molecule has 5 nitrogen and oxygen atoms in total. The Morgan fingerprint density at radius 2 is 2.09 bits per heavy atom. The van der Waals surface area contributed by atoms with Crippen molar-refractivity contribution in [3.8, 4) is 0 Å². The first-order valence-electron chi connectivity index (χ1n) is 7.59. The number of carbonyl (C=O) groups excluding carboxylic acids is 1. The molecule has 2 aromatic rings. The van der Waals surface area contributed by atoms with Crippen LogP contribution in [0, 0.1) is 0 Å². The molecule has 0 aliphatic carbocycles. The molecule has 1 aromatic heterocycles. The molecule has 0 N–H and O–H groups in total. The predicted octanol–water partition coefficient (Wildman–Crippen LogP) is 2.35. The van der Waals surface area contributed by atoms with Crippen LogP contribution in [-0.2, 0) is 6.54 Å². The molecule has 0 unspecified atom stereocenters. The minimum Gasteiger partial charge on any atom is -0.372 e. The lowest BCUT2D eigenvalue weighted by molar-refractivity contribution is 0.0779. The zero-order valence-electron chi connectivity index (χ0n) is 12.8. The van der Waals surface area contributed by atoms with Crippen molar-refractivity contribution in [2.45, 2.75) is 19.4 Å². The monoisotopic (exact) mass is 296 g/mol. The maximum Gasteiger partial charge on any atom is 0.274 e. The largest absolute Gasteiger partial charge is 0.372 e. The van der Waals surface area contributed by atoms with Gasteiger partial charge in [-0.3, -0.25) is 9.78 Å². The van der Waals surface area contributed by atoms with Crippen molar-refractivity contribution >= 4 is 11.6 Å². The van der Waals surface area contributed by atoms with Crippen LogP contribution in [0.5, 0.6) is 0 Å². The molecule has 2 heterocycles. The van der Waals surface area contributed by atoms with Gasteiger partial charge in [-0.05, 0) is 30.5 Å². The van der Waals surface area contributed by atoms with Gasteiger partial charge >= 0.3 is 0 Å². The van der Waals surface area contributed by atoms with Crippen molar-refractivity contribution in [2.24, 2.45) is 0 Å². The number of anilines is 1. The van der Waals surface area contributed by atoms with Crippen molar-refractivity contribution in [3.63, 3.8) is 0 Å². The van der Waals surface area contributed by atoms with Gasteiger partial charge in [-0.25, -0.2) is 4.98 Å². The molecule has 0 saturated carbocycles. The van der Waals surface area contributed by atoms with E-state index >= 15 is 0 Å². The third kappa shape index (κ3) is 3.24. The summed E-state index contributed by atoms with van der Waals surface area (Å²) < 4.78 is 0. The van der Waals surface area contributed by atoms with E-state index in [2.05, 4.69) is 39.1 Å². The van der Waals surface area contributed by atoms with E-state index < -0.39 is 0 Å². The number of aromatic nitrogens is 2.